The van der Waals surface area contributed by atoms with Crippen LogP contribution in [0.5, 0.6) is 5.75 Å². The molecule has 1 aliphatic heterocycles. The fourth-order valence-electron chi connectivity index (χ4n) is 4.36. The molecule has 9 nitrogen and oxygen atoms in total. The van der Waals surface area contributed by atoms with Gasteiger partial charge in [0.15, 0.2) is 0 Å². The van der Waals surface area contributed by atoms with Crippen LogP contribution in [0.4, 0.5) is 5.00 Å². The molecule has 2 aromatic heterocycles. The van der Waals surface area contributed by atoms with Gasteiger partial charge >= 0.3 is 10.7 Å². The van der Waals surface area contributed by atoms with Crippen molar-refractivity contribution in [1.29, 1.82) is 5.26 Å². The maximum Gasteiger partial charge on any atom is 0.442 e. The van der Waals surface area contributed by atoms with E-state index in [1.165, 1.54) is 33.3 Å². The predicted molar refractivity (Wildman–Crippen MR) is 145 cm³/mol. The Morgan fingerprint density at radius 2 is 2.05 bits per heavy atom. The molecule has 2 aromatic carbocycles. The monoisotopic (exact) mass is 548 g/mol. The summed E-state index contributed by atoms with van der Waals surface area (Å²) in [5.41, 5.74) is 3.05. The summed E-state index contributed by atoms with van der Waals surface area (Å²) in [5, 5.41) is 16.3. The molecule has 0 bridgehead atoms. The van der Waals surface area contributed by atoms with Crippen molar-refractivity contribution in [3.63, 3.8) is 0 Å². The van der Waals surface area contributed by atoms with Crippen LogP contribution >= 0.6 is 23.1 Å². The van der Waals surface area contributed by atoms with Crippen molar-refractivity contribution < 1.29 is 18.7 Å². The molecule has 11 heteroatoms. The number of aromatic amines is 1. The summed E-state index contributed by atoms with van der Waals surface area (Å²) in [6, 6.07) is 19.8. The molecule has 0 radical (unpaired) electrons. The lowest BCUT2D eigenvalue weighted by Crippen LogP contribution is -2.36. The number of ether oxygens (including phenoxy) is 1. The molecule has 0 fully saturated rings. The number of anilines is 1. The van der Waals surface area contributed by atoms with Gasteiger partial charge in [-0.05, 0) is 51.4 Å². The highest BCUT2D eigenvalue weighted by Crippen LogP contribution is 2.37. The second-order valence-electron chi connectivity index (χ2n) is 8.73. The van der Waals surface area contributed by atoms with Crippen LogP contribution in [0.2, 0.25) is 0 Å². The highest BCUT2D eigenvalue weighted by atomic mass is 32.2. The molecule has 0 atom stereocenters. The SMILES string of the molecule is COc1ccc(-[n+]2[nH]oc(=O)c2SCCC(=O)Nc2sc3c(c2C#N)CCN(Cc2ccccc2)C3)cc1. The Morgan fingerprint density at radius 1 is 1.26 bits per heavy atom. The number of carbonyl (C=O) groups is 1. The summed E-state index contributed by atoms with van der Waals surface area (Å²) in [5.74, 6) is 0.856. The van der Waals surface area contributed by atoms with Gasteiger partial charge in [-0.2, -0.15) is 5.26 Å². The van der Waals surface area contributed by atoms with Crippen LogP contribution in [0, 0.1) is 11.3 Å². The lowest BCUT2D eigenvalue weighted by atomic mass is 10.0. The Balaban J connectivity index is 1.20. The van der Waals surface area contributed by atoms with E-state index in [9.17, 15) is 14.9 Å². The molecule has 0 saturated heterocycles. The van der Waals surface area contributed by atoms with Gasteiger partial charge in [0.2, 0.25) is 11.6 Å². The maximum absolute atomic E-state index is 12.8. The molecule has 0 aliphatic carbocycles. The van der Waals surface area contributed by atoms with E-state index < -0.39 is 5.63 Å². The number of amides is 1. The molecule has 1 aliphatic rings. The quantitative estimate of drug-likeness (QED) is 0.241. The first-order chi connectivity index (χ1) is 18.6. The summed E-state index contributed by atoms with van der Waals surface area (Å²) in [6.07, 6.45) is 0.952. The average Bonchev–Trinajstić information content (AvgIpc) is 3.48. The molecule has 0 saturated carbocycles. The van der Waals surface area contributed by atoms with Gasteiger partial charge in [0, 0.05) is 48.8 Å². The second kappa shape index (κ2) is 11.7. The smallest absolute Gasteiger partial charge is 0.442 e. The lowest BCUT2D eigenvalue weighted by molar-refractivity contribution is -0.704. The number of thioether (sulfide) groups is 1. The van der Waals surface area contributed by atoms with Crippen molar-refractivity contribution in [3.8, 4) is 17.5 Å². The van der Waals surface area contributed by atoms with E-state index in [1.807, 2.05) is 18.2 Å². The van der Waals surface area contributed by atoms with E-state index in [-0.39, 0.29) is 12.3 Å². The van der Waals surface area contributed by atoms with E-state index >= 15 is 0 Å². The first-order valence-electron chi connectivity index (χ1n) is 12.1. The summed E-state index contributed by atoms with van der Waals surface area (Å²) < 4.78 is 11.7. The molecule has 0 spiro atoms. The molecular weight excluding hydrogens is 522 g/mol. The Kier molecular flexibility index (Phi) is 7.93. The highest BCUT2D eigenvalue weighted by Gasteiger charge is 2.27. The Morgan fingerprint density at radius 3 is 2.79 bits per heavy atom. The van der Waals surface area contributed by atoms with Gasteiger partial charge in [-0.3, -0.25) is 14.2 Å². The average molecular weight is 549 g/mol. The van der Waals surface area contributed by atoms with Crippen molar-refractivity contribution >= 4 is 34.0 Å². The largest absolute Gasteiger partial charge is 0.497 e. The molecular formula is C27H26N5O4S2+. The van der Waals surface area contributed by atoms with E-state index in [0.717, 1.165) is 36.5 Å². The molecule has 0 unspecified atom stereocenters. The van der Waals surface area contributed by atoms with Crippen LogP contribution in [0.25, 0.3) is 5.69 Å². The zero-order chi connectivity index (χ0) is 26.5. The minimum absolute atomic E-state index is 0.172. The lowest BCUT2D eigenvalue weighted by Gasteiger charge is -2.26. The number of methoxy groups -OCH3 is 1. The molecule has 5 rings (SSSR count). The number of thiophene rings is 1. The van der Waals surface area contributed by atoms with Gasteiger partial charge < -0.3 is 10.1 Å². The number of hydrogen-bond acceptors (Lipinski definition) is 8. The fourth-order valence-corrected chi connectivity index (χ4v) is 6.53. The van der Waals surface area contributed by atoms with Gasteiger partial charge in [0.1, 0.15) is 16.8 Å². The fraction of sp³-hybridized carbons (Fsp3) is 0.259. The first kappa shape index (κ1) is 25.8. The predicted octanol–water partition coefficient (Wildman–Crippen LogP) is 3.87. The van der Waals surface area contributed by atoms with Gasteiger partial charge in [-0.1, -0.05) is 30.3 Å². The standard InChI is InChI=1S/C27H25N5O4S2/c1-35-20-9-7-19(8-10-20)32-26(27(34)36-30-32)37-14-12-24(33)29-25-22(15-28)21-11-13-31(17-23(21)38-25)16-18-5-3-2-4-6-18/h2-10H,11-14,16-17H2,1H3,(H-,29,30,33,34)/p+1. The summed E-state index contributed by atoms with van der Waals surface area (Å²) in [7, 11) is 1.58. The van der Waals surface area contributed by atoms with Crippen LogP contribution in [-0.2, 0) is 24.3 Å². The summed E-state index contributed by atoms with van der Waals surface area (Å²) in [6.45, 7) is 2.47. The Hall–Kier alpha value is -3.85. The van der Waals surface area contributed by atoms with E-state index in [0.29, 0.717) is 32.8 Å². The van der Waals surface area contributed by atoms with E-state index in [4.69, 9.17) is 9.26 Å². The molecule has 2 N–H and O–H groups in total. The molecule has 38 heavy (non-hydrogen) atoms. The third-order valence-electron chi connectivity index (χ3n) is 6.26. The van der Waals surface area contributed by atoms with E-state index in [2.05, 4.69) is 33.7 Å². The summed E-state index contributed by atoms with van der Waals surface area (Å²) in [4.78, 5) is 28.5. The third kappa shape index (κ3) is 5.67. The Labute approximate surface area is 227 Å². The van der Waals surface area contributed by atoms with Crippen LogP contribution in [0.3, 0.4) is 0 Å². The van der Waals surface area contributed by atoms with Crippen molar-refractivity contribution in [2.45, 2.75) is 31.0 Å². The van der Waals surface area contributed by atoms with Gasteiger partial charge in [0.05, 0.1) is 12.7 Å². The molecule has 194 valence electrons. The number of fused-ring (bicyclic) bond motifs is 1. The van der Waals surface area contributed by atoms with Crippen LogP contribution in [0.1, 0.15) is 28.0 Å². The summed E-state index contributed by atoms with van der Waals surface area (Å²) >= 11 is 2.71. The normalized spacial score (nSPS) is 13.1. The van der Waals surface area contributed by atoms with Gasteiger partial charge in [0.25, 0.3) is 0 Å². The van der Waals surface area contributed by atoms with Gasteiger partial charge in [-0.15, -0.1) is 11.3 Å². The minimum Gasteiger partial charge on any atom is -0.497 e. The number of benzene rings is 2. The number of H-pyrrole nitrogens is 1. The molecule has 3 heterocycles. The number of carbonyl (C=O) groups excluding carboxylic acids is 1. The number of nitriles is 1. The van der Waals surface area contributed by atoms with Crippen molar-refractivity contribution in [2.24, 2.45) is 0 Å². The number of rotatable bonds is 9. The molecule has 4 aromatic rings. The molecule has 1 amide bonds. The van der Waals surface area contributed by atoms with E-state index in [1.54, 1.807) is 31.4 Å². The topological polar surface area (TPSA) is 115 Å². The van der Waals surface area contributed by atoms with Crippen LogP contribution in [-0.4, -0.2) is 35.5 Å². The third-order valence-corrected chi connectivity index (χ3v) is 8.42. The Bertz CT molecular complexity index is 1520. The van der Waals surface area contributed by atoms with Crippen molar-refractivity contribution in [2.75, 3.05) is 24.7 Å². The number of hydrogen-bond donors (Lipinski definition) is 2. The zero-order valence-corrected chi connectivity index (χ0v) is 22.4. The van der Waals surface area contributed by atoms with Gasteiger partial charge in [-0.25, -0.2) is 4.79 Å². The number of nitrogens with one attached hydrogen (secondary N) is 2. The first-order valence-corrected chi connectivity index (χ1v) is 13.9. The second-order valence-corrected chi connectivity index (χ2v) is 10.9. The van der Waals surface area contributed by atoms with Crippen LogP contribution < -0.4 is 20.4 Å². The number of aromatic nitrogens is 2. The highest BCUT2D eigenvalue weighted by molar-refractivity contribution is 7.99. The van der Waals surface area contributed by atoms with Crippen molar-refractivity contribution in [1.82, 2.24) is 10.2 Å². The van der Waals surface area contributed by atoms with Crippen LogP contribution in [0.15, 0.2) is 68.9 Å². The zero-order valence-electron chi connectivity index (χ0n) is 20.7. The van der Waals surface area contributed by atoms with Crippen molar-refractivity contribution in [3.05, 3.63) is 86.6 Å². The number of nitrogens with zero attached hydrogens (tertiary/aromatic N) is 3. The maximum atomic E-state index is 12.8. The minimum atomic E-state index is -0.510.